The van der Waals surface area contributed by atoms with Gasteiger partial charge in [-0.05, 0) is 42.0 Å². The summed E-state index contributed by atoms with van der Waals surface area (Å²) >= 11 is 7.60. The molecule has 1 unspecified atom stereocenters. The van der Waals surface area contributed by atoms with E-state index in [1.165, 1.54) is 0 Å². The predicted octanol–water partition coefficient (Wildman–Crippen LogP) is 3.25. The third-order valence-electron chi connectivity index (χ3n) is 6.91. The molecular formula is C27H33ClN4O5S2. The van der Waals surface area contributed by atoms with Gasteiger partial charge in [0.05, 0.1) is 29.7 Å². The second-order valence-electron chi connectivity index (χ2n) is 9.50. The summed E-state index contributed by atoms with van der Waals surface area (Å²) in [6.07, 6.45) is -0.109. The van der Waals surface area contributed by atoms with E-state index >= 15 is 0 Å². The molecule has 210 valence electrons. The van der Waals surface area contributed by atoms with Crippen LogP contribution in [0.25, 0.3) is 10.8 Å². The number of fused-ring (bicyclic) bond motifs is 1. The maximum absolute atomic E-state index is 13.3. The Morgan fingerprint density at radius 3 is 2.62 bits per heavy atom. The van der Waals surface area contributed by atoms with Crippen LogP contribution in [0.5, 0.6) is 0 Å². The van der Waals surface area contributed by atoms with Crippen LogP contribution in [0.3, 0.4) is 0 Å². The van der Waals surface area contributed by atoms with Crippen LogP contribution in [0.2, 0.25) is 5.02 Å². The number of aromatic nitrogens is 1. The molecule has 0 bridgehead atoms. The molecule has 0 radical (unpaired) electrons. The Morgan fingerprint density at radius 1 is 1.15 bits per heavy atom. The highest BCUT2D eigenvalue weighted by molar-refractivity contribution is 7.91. The van der Waals surface area contributed by atoms with Gasteiger partial charge < -0.3 is 14.2 Å². The van der Waals surface area contributed by atoms with Crippen LogP contribution in [-0.2, 0) is 37.8 Å². The number of piperazine rings is 1. The van der Waals surface area contributed by atoms with Gasteiger partial charge >= 0.3 is 5.97 Å². The molecule has 12 heteroatoms. The molecule has 1 aliphatic rings. The van der Waals surface area contributed by atoms with Gasteiger partial charge in [-0.15, -0.1) is 11.3 Å². The van der Waals surface area contributed by atoms with Crippen molar-refractivity contribution in [2.24, 2.45) is 12.0 Å². The van der Waals surface area contributed by atoms with Crippen molar-refractivity contribution in [3.63, 3.8) is 0 Å². The molecule has 1 aliphatic heterocycles. The quantitative estimate of drug-likeness (QED) is 0.354. The molecule has 0 N–H and O–H groups in total. The molecule has 4 rings (SSSR count). The molecule has 2 heterocycles. The van der Waals surface area contributed by atoms with Crippen molar-refractivity contribution >= 4 is 55.4 Å². The monoisotopic (exact) mass is 592 g/mol. The van der Waals surface area contributed by atoms with Crippen LogP contribution in [0, 0.1) is 0 Å². The van der Waals surface area contributed by atoms with Crippen molar-refractivity contribution in [1.82, 2.24) is 14.4 Å². The lowest BCUT2D eigenvalue weighted by Crippen LogP contribution is -2.55. The largest absolute Gasteiger partial charge is 0.466 e. The summed E-state index contributed by atoms with van der Waals surface area (Å²) in [6.45, 7) is 4.16. The second kappa shape index (κ2) is 12.6. The zero-order chi connectivity index (χ0) is 28.2. The number of hydrogen-bond donors (Lipinski definition) is 0. The van der Waals surface area contributed by atoms with Gasteiger partial charge in [0, 0.05) is 62.8 Å². The van der Waals surface area contributed by atoms with Gasteiger partial charge in [-0.2, -0.15) is 0 Å². The normalized spacial score (nSPS) is 17.1. The van der Waals surface area contributed by atoms with Crippen molar-refractivity contribution < 1.29 is 22.7 Å². The number of sulfone groups is 1. The molecule has 9 nitrogen and oxygen atoms in total. The number of hydrogen-bond acceptors (Lipinski definition) is 8. The Bertz CT molecular complexity index is 1530. The van der Waals surface area contributed by atoms with E-state index in [-0.39, 0.29) is 42.0 Å². The molecule has 3 aromatic rings. The summed E-state index contributed by atoms with van der Waals surface area (Å²) in [5, 5.41) is 4.24. The van der Waals surface area contributed by atoms with E-state index in [0.717, 1.165) is 21.3 Å². The average molecular weight is 593 g/mol. The lowest BCUT2D eigenvalue weighted by Gasteiger charge is -2.41. The molecule has 0 spiro atoms. The van der Waals surface area contributed by atoms with E-state index in [1.54, 1.807) is 66.6 Å². The minimum absolute atomic E-state index is 0.0569. The molecule has 1 atom stereocenters. The number of esters is 1. The molecule has 0 aliphatic carbocycles. The Labute approximate surface area is 237 Å². The minimum atomic E-state index is -3.69. The van der Waals surface area contributed by atoms with Gasteiger partial charge in [-0.25, -0.2) is 8.42 Å². The summed E-state index contributed by atoms with van der Waals surface area (Å²) in [5.74, 6) is -0.974. The standard InChI is InChI=1S/C27H33ClN4O5S2/c1-4-37-26(34)15-22-16-31(17-23-18-38-27(29-2)30(23)3)10-11-32(22)25(33)9-12-39(35,36)24-8-6-19-13-21(28)7-5-20(19)14-24/h5-8,13-14,18,22H,4,9-12,15-17H2,1-3H3/b29-27-. The molecule has 1 saturated heterocycles. The van der Waals surface area contributed by atoms with Crippen LogP contribution in [0.1, 0.15) is 25.5 Å². The van der Waals surface area contributed by atoms with Crippen LogP contribution >= 0.6 is 22.9 Å². The fraction of sp³-hybridized carbons (Fsp3) is 0.444. The van der Waals surface area contributed by atoms with Gasteiger partial charge in [0.2, 0.25) is 5.91 Å². The minimum Gasteiger partial charge on any atom is -0.466 e. The smallest absolute Gasteiger partial charge is 0.307 e. The maximum Gasteiger partial charge on any atom is 0.307 e. The molecule has 2 aromatic carbocycles. The first-order valence-corrected chi connectivity index (χ1v) is 15.7. The van der Waals surface area contributed by atoms with Gasteiger partial charge in [0.15, 0.2) is 14.6 Å². The molecule has 1 fully saturated rings. The summed E-state index contributed by atoms with van der Waals surface area (Å²) < 4.78 is 33.4. The SMILES string of the molecule is CCOC(=O)CC1CN(Cc2cs/c(=N\C)n2C)CCN1C(=O)CCS(=O)(=O)c1ccc2cc(Cl)ccc2c1. The first kappa shape index (κ1) is 29.3. The van der Waals surface area contributed by atoms with E-state index in [4.69, 9.17) is 16.3 Å². The number of nitrogens with zero attached hydrogens (tertiary/aromatic N) is 4. The Morgan fingerprint density at radius 2 is 1.90 bits per heavy atom. The van der Waals surface area contributed by atoms with Crippen molar-refractivity contribution in [3.8, 4) is 0 Å². The molecule has 0 saturated carbocycles. The van der Waals surface area contributed by atoms with Crippen molar-refractivity contribution in [2.45, 2.75) is 37.2 Å². The van der Waals surface area contributed by atoms with Crippen LogP contribution in [0.4, 0.5) is 0 Å². The maximum atomic E-state index is 13.3. The van der Waals surface area contributed by atoms with Gasteiger partial charge in [0.25, 0.3) is 0 Å². The average Bonchev–Trinajstić information content (AvgIpc) is 3.26. The van der Waals surface area contributed by atoms with Crippen molar-refractivity contribution in [2.75, 3.05) is 39.0 Å². The molecular weight excluding hydrogens is 560 g/mol. The Hall–Kier alpha value is -2.73. The number of carbonyl (C=O) groups is 2. The predicted molar refractivity (Wildman–Crippen MR) is 152 cm³/mol. The Balaban J connectivity index is 1.45. The summed E-state index contributed by atoms with van der Waals surface area (Å²) in [5.41, 5.74) is 1.10. The fourth-order valence-electron chi connectivity index (χ4n) is 4.83. The summed E-state index contributed by atoms with van der Waals surface area (Å²) in [7, 11) is 0.0287. The molecule has 1 amide bonds. The topological polar surface area (TPSA) is 101 Å². The zero-order valence-corrected chi connectivity index (χ0v) is 24.7. The highest BCUT2D eigenvalue weighted by Gasteiger charge is 2.33. The number of ether oxygens (including phenoxy) is 1. The highest BCUT2D eigenvalue weighted by atomic mass is 35.5. The van der Waals surface area contributed by atoms with E-state index < -0.39 is 15.9 Å². The number of rotatable bonds is 9. The van der Waals surface area contributed by atoms with E-state index in [0.29, 0.717) is 31.2 Å². The number of thiazole rings is 1. The first-order valence-electron chi connectivity index (χ1n) is 12.8. The Kier molecular flexibility index (Phi) is 9.47. The molecule has 1 aromatic heterocycles. The third-order valence-corrected chi connectivity index (χ3v) is 9.91. The fourth-order valence-corrected chi connectivity index (χ4v) is 7.12. The van der Waals surface area contributed by atoms with Crippen LogP contribution < -0.4 is 4.80 Å². The zero-order valence-electron chi connectivity index (χ0n) is 22.3. The van der Waals surface area contributed by atoms with E-state index in [9.17, 15) is 18.0 Å². The van der Waals surface area contributed by atoms with Gasteiger partial charge in [0.1, 0.15) is 0 Å². The third kappa shape index (κ3) is 7.08. The number of carbonyl (C=O) groups excluding carboxylic acids is 2. The van der Waals surface area contributed by atoms with E-state index in [1.807, 2.05) is 11.6 Å². The van der Waals surface area contributed by atoms with Crippen molar-refractivity contribution in [3.05, 3.63) is 57.3 Å². The number of amides is 1. The highest BCUT2D eigenvalue weighted by Crippen LogP contribution is 2.24. The van der Waals surface area contributed by atoms with Gasteiger partial charge in [-0.3, -0.25) is 19.5 Å². The number of benzene rings is 2. The first-order chi connectivity index (χ1) is 18.6. The second-order valence-corrected chi connectivity index (χ2v) is 12.9. The van der Waals surface area contributed by atoms with Gasteiger partial charge in [-0.1, -0.05) is 23.7 Å². The van der Waals surface area contributed by atoms with Crippen molar-refractivity contribution in [1.29, 1.82) is 0 Å². The number of halogens is 1. The van der Waals surface area contributed by atoms with Crippen LogP contribution in [0.15, 0.2) is 51.7 Å². The summed E-state index contributed by atoms with van der Waals surface area (Å²) in [4.78, 5) is 34.9. The lowest BCUT2D eigenvalue weighted by atomic mass is 10.1. The molecule has 39 heavy (non-hydrogen) atoms. The summed E-state index contributed by atoms with van der Waals surface area (Å²) in [6, 6.07) is 9.72. The van der Waals surface area contributed by atoms with Crippen LogP contribution in [-0.4, -0.2) is 79.7 Å². The lowest BCUT2D eigenvalue weighted by molar-refractivity contribution is -0.147. The van der Waals surface area contributed by atoms with E-state index in [2.05, 4.69) is 15.3 Å².